The lowest BCUT2D eigenvalue weighted by molar-refractivity contribution is 0.702. The molecule has 0 unspecified atom stereocenters. The average Bonchev–Trinajstić information content (AvgIpc) is 2.58. The largest absolute Gasteiger partial charge is 0.353 e. The van der Waals surface area contributed by atoms with Gasteiger partial charge in [0.15, 0.2) is 0 Å². The average molecular weight is 247 g/mol. The van der Waals surface area contributed by atoms with Gasteiger partial charge in [-0.05, 0) is 26.0 Å². The fraction of sp³-hybridized carbons (Fsp3) is 0.444. The van der Waals surface area contributed by atoms with Gasteiger partial charge in [-0.2, -0.15) is 0 Å². The van der Waals surface area contributed by atoms with Gasteiger partial charge < -0.3 is 5.32 Å². The quantitative estimate of drug-likeness (QED) is 0.329. The van der Waals surface area contributed by atoms with Crippen molar-refractivity contribution in [3.8, 4) is 0 Å². The first kappa shape index (κ1) is 12.3. The fourth-order valence-corrected chi connectivity index (χ4v) is 2.01. The molecule has 0 saturated carbocycles. The van der Waals surface area contributed by atoms with Crippen molar-refractivity contribution in [1.82, 2.24) is 10.7 Å². The summed E-state index contributed by atoms with van der Waals surface area (Å²) < 4.78 is 0.777. The maximum Gasteiger partial charge on any atom is 0.206 e. The molecule has 0 saturated heterocycles. The molecule has 4 nitrogen and oxygen atoms in total. The van der Waals surface area contributed by atoms with Crippen LogP contribution in [0.5, 0.6) is 0 Å². The van der Waals surface area contributed by atoms with E-state index in [1.165, 1.54) is 11.3 Å². The van der Waals surface area contributed by atoms with Gasteiger partial charge in [0.05, 0.1) is 10.9 Å². The summed E-state index contributed by atoms with van der Waals surface area (Å²) in [6, 6.07) is 4.12. The van der Waals surface area contributed by atoms with E-state index < -0.39 is 0 Å². The molecule has 1 aromatic rings. The van der Waals surface area contributed by atoms with Crippen LogP contribution in [0.15, 0.2) is 17.1 Å². The molecular weight excluding hydrogens is 232 g/mol. The van der Waals surface area contributed by atoms with Gasteiger partial charge in [0.2, 0.25) is 5.96 Å². The minimum absolute atomic E-state index is 0.298. The summed E-state index contributed by atoms with van der Waals surface area (Å²) in [6.07, 6.45) is 0. The first-order valence-corrected chi connectivity index (χ1v) is 5.83. The maximum atomic E-state index is 5.81. The molecule has 0 aliphatic heterocycles. The van der Waals surface area contributed by atoms with Crippen LogP contribution in [-0.2, 0) is 6.54 Å². The Morgan fingerprint density at radius 3 is 2.80 bits per heavy atom. The lowest BCUT2D eigenvalue weighted by Crippen LogP contribution is -2.44. The highest BCUT2D eigenvalue weighted by Crippen LogP contribution is 2.21. The van der Waals surface area contributed by atoms with Crippen LogP contribution in [0.25, 0.3) is 0 Å². The number of nitrogens with one attached hydrogen (secondary N) is 2. The summed E-state index contributed by atoms with van der Waals surface area (Å²) in [4.78, 5) is 5.40. The molecule has 0 bridgehead atoms. The normalized spacial score (nSPS) is 11.9. The predicted molar refractivity (Wildman–Crippen MR) is 66.1 cm³/mol. The summed E-state index contributed by atoms with van der Waals surface area (Å²) in [5.74, 6) is 5.92. The van der Waals surface area contributed by atoms with Gasteiger partial charge in [0.1, 0.15) is 0 Å². The Morgan fingerprint density at radius 2 is 2.33 bits per heavy atom. The molecule has 0 aromatic carbocycles. The van der Waals surface area contributed by atoms with E-state index in [-0.39, 0.29) is 0 Å². The molecule has 0 aliphatic carbocycles. The number of nitrogens with two attached hydrogens (primary N) is 1. The zero-order valence-electron chi connectivity index (χ0n) is 8.75. The Morgan fingerprint density at radius 1 is 1.60 bits per heavy atom. The second-order valence-corrected chi connectivity index (χ2v) is 5.11. The zero-order chi connectivity index (χ0) is 11.3. The second kappa shape index (κ2) is 5.95. The second-order valence-electron chi connectivity index (χ2n) is 3.31. The van der Waals surface area contributed by atoms with Crippen molar-refractivity contribution >= 4 is 28.9 Å². The number of thiophene rings is 1. The van der Waals surface area contributed by atoms with Crippen LogP contribution in [0.2, 0.25) is 4.34 Å². The number of hydrogen-bond donors (Lipinski definition) is 3. The highest BCUT2D eigenvalue weighted by atomic mass is 35.5. The Bertz CT molecular complexity index is 335. The summed E-state index contributed by atoms with van der Waals surface area (Å²) in [6.45, 7) is 4.63. The maximum absolute atomic E-state index is 5.81. The third-order valence-electron chi connectivity index (χ3n) is 1.58. The van der Waals surface area contributed by atoms with Crippen LogP contribution >= 0.6 is 22.9 Å². The van der Waals surface area contributed by atoms with Gasteiger partial charge in [0, 0.05) is 10.9 Å². The number of hydrazine groups is 1. The van der Waals surface area contributed by atoms with Gasteiger partial charge in [-0.1, -0.05) is 11.6 Å². The van der Waals surface area contributed by atoms with Gasteiger partial charge in [-0.25, -0.2) is 10.8 Å². The Labute approximate surface area is 98.5 Å². The summed E-state index contributed by atoms with van der Waals surface area (Å²) in [5.41, 5.74) is 2.52. The van der Waals surface area contributed by atoms with Crippen molar-refractivity contribution in [2.24, 2.45) is 10.8 Å². The number of nitrogens with zero attached hydrogens (tertiary/aromatic N) is 1. The SMILES string of the molecule is CC(C)NC(=NCc1ccc(Cl)s1)NN. The number of rotatable bonds is 3. The fourth-order valence-electron chi connectivity index (χ4n) is 1.00. The van der Waals surface area contributed by atoms with Gasteiger partial charge in [0.25, 0.3) is 0 Å². The topological polar surface area (TPSA) is 62.4 Å². The highest BCUT2D eigenvalue weighted by Gasteiger charge is 2.00. The van der Waals surface area contributed by atoms with Crippen LogP contribution in [0.3, 0.4) is 0 Å². The van der Waals surface area contributed by atoms with E-state index in [0.717, 1.165) is 9.21 Å². The molecule has 4 N–H and O–H groups in total. The molecule has 0 radical (unpaired) electrons. The first-order chi connectivity index (χ1) is 7.11. The standard InChI is InChI=1S/C9H15ClN4S/c1-6(2)13-9(14-11)12-5-7-3-4-8(10)15-7/h3-4,6H,5,11H2,1-2H3,(H2,12,13,14). The summed E-state index contributed by atoms with van der Waals surface area (Å²) in [5, 5.41) is 3.09. The van der Waals surface area contributed by atoms with E-state index in [9.17, 15) is 0 Å². The van der Waals surface area contributed by atoms with Crippen molar-refractivity contribution in [3.05, 3.63) is 21.3 Å². The van der Waals surface area contributed by atoms with Crippen molar-refractivity contribution in [1.29, 1.82) is 0 Å². The smallest absolute Gasteiger partial charge is 0.206 e. The Hall–Kier alpha value is -0.780. The third-order valence-corrected chi connectivity index (χ3v) is 2.80. The molecule has 0 amide bonds. The minimum atomic E-state index is 0.298. The van der Waals surface area contributed by atoms with E-state index >= 15 is 0 Å². The molecule has 0 aliphatic rings. The van der Waals surface area contributed by atoms with Gasteiger partial charge in [-0.3, -0.25) is 5.43 Å². The molecule has 0 atom stereocenters. The van der Waals surface area contributed by atoms with E-state index in [2.05, 4.69) is 15.7 Å². The molecule has 84 valence electrons. The molecule has 0 fully saturated rings. The van der Waals surface area contributed by atoms with Crippen LogP contribution in [0, 0.1) is 0 Å². The predicted octanol–water partition coefficient (Wildman–Crippen LogP) is 1.72. The van der Waals surface area contributed by atoms with Gasteiger partial charge in [-0.15, -0.1) is 11.3 Å². The van der Waals surface area contributed by atoms with E-state index in [4.69, 9.17) is 17.4 Å². The zero-order valence-corrected chi connectivity index (χ0v) is 10.3. The number of halogens is 1. The number of hydrogen-bond acceptors (Lipinski definition) is 3. The molecule has 1 rings (SSSR count). The lowest BCUT2D eigenvalue weighted by Gasteiger charge is -2.11. The van der Waals surface area contributed by atoms with Crippen molar-refractivity contribution in [3.63, 3.8) is 0 Å². The molecule has 1 heterocycles. The highest BCUT2D eigenvalue weighted by molar-refractivity contribution is 7.16. The van der Waals surface area contributed by atoms with E-state index in [1.54, 1.807) is 0 Å². The number of aliphatic imine (C=N–C) groups is 1. The van der Waals surface area contributed by atoms with E-state index in [1.807, 2.05) is 26.0 Å². The molecule has 6 heteroatoms. The van der Waals surface area contributed by atoms with Gasteiger partial charge >= 0.3 is 0 Å². The lowest BCUT2D eigenvalue weighted by atomic mass is 10.4. The molecule has 0 spiro atoms. The monoisotopic (exact) mass is 246 g/mol. The van der Waals surface area contributed by atoms with Crippen LogP contribution in [-0.4, -0.2) is 12.0 Å². The molecule has 15 heavy (non-hydrogen) atoms. The minimum Gasteiger partial charge on any atom is -0.353 e. The van der Waals surface area contributed by atoms with Crippen molar-refractivity contribution in [2.75, 3.05) is 0 Å². The Balaban J connectivity index is 2.54. The molecular formula is C9H15ClN4S. The van der Waals surface area contributed by atoms with E-state index in [0.29, 0.717) is 18.5 Å². The summed E-state index contributed by atoms with van der Waals surface area (Å²) in [7, 11) is 0. The Kier molecular flexibility index (Phi) is 4.87. The van der Waals surface area contributed by atoms with Crippen LogP contribution in [0.4, 0.5) is 0 Å². The summed E-state index contributed by atoms with van der Waals surface area (Å²) >= 11 is 7.33. The van der Waals surface area contributed by atoms with Crippen LogP contribution < -0.4 is 16.6 Å². The van der Waals surface area contributed by atoms with Crippen molar-refractivity contribution in [2.45, 2.75) is 26.4 Å². The first-order valence-electron chi connectivity index (χ1n) is 4.63. The molecule has 1 aromatic heterocycles. The van der Waals surface area contributed by atoms with Crippen molar-refractivity contribution < 1.29 is 0 Å². The third kappa shape index (κ3) is 4.51. The van der Waals surface area contributed by atoms with Crippen LogP contribution in [0.1, 0.15) is 18.7 Å². The number of guanidine groups is 1.